The molecular weight excluding hydrogens is 240 g/mol. The van der Waals surface area contributed by atoms with Crippen molar-refractivity contribution in [2.24, 2.45) is 0 Å². The van der Waals surface area contributed by atoms with Crippen molar-refractivity contribution in [1.82, 2.24) is 0 Å². The van der Waals surface area contributed by atoms with Crippen LogP contribution in [0, 0.1) is 0 Å². The molecule has 0 bridgehead atoms. The lowest BCUT2D eigenvalue weighted by Crippen LogP contribution is -2.26. The quantitative estimate of drug-likeness (QED) is 0.343. The molecule has 0 rings (SSSR count). The van der Waals surface area contributed by atoms with E-state index in [9.17, 15) is 19.8 Å². The summed E-state index contributed by atoms with van der Waals surface area (Å²) in [5, 5.41) is 27.4. The van der Waals surface area contributed by atoms with Crippen LogP contribution in [0.4, 0.5) is 0 Å². The summed E-state index contributed by atoms with van der Waals surface area (Å²) in [5.41, 5.74) is 0.0612. The molecule has 3 N–H and O–H groups in total. The number of rotatable bonds is 6. The smallest absolute Gasteiger partial charge is 0.341 e. The van der Waals surface area contributed by atoms with Gasteiger partial charge < -0.3 is 20.1 Å². The van der Waals surface area contributed by atoms with Crippen molar-refractivity contribution in [3.8, 4) is 0 Å². The number of esters is 2. The Hall–Kier alpha value is -1.50. The maximum absolute atomic E-state index is 11.4. The molecule has 0 aliphatic carbocycles. The Balaban J connectivity index is 4.53. The fourth-order valence-electron chi connectivity index (χ4n) is 0.990. The molecule has 0 aliphatic heterocycles. The molecule has 0 radical (unpaired) electrons. The van der Waals surface area contributed by atoms with E-state index in [1.54, 1.807) is 0 Å². The van der Waals surface area contributed by atoms with E-state index in [0.717, 1.165) is 6.08 Å². The predicted molar refractivity (Wildman–Crippen MR) is 63.4 cm³/mol. The molecule has 6 heteroatoms. The van der Waals surface area contributed by atoms with E-state index in [4.69, 9.17) is 5.11 Å². The third-order valence-corrected chi connectivity index (χ3v) is 2.10. The molecule has 0 heterocycles. The zero-order valence-electron chi connectivity index (χ0n) is 10.4. The molecule has 2 atom stereocenters. The van der Waals surface area contributed by atoms with Crippen molar-refractivity contribution < 1.29 is 29.6 Å². The number of carbonyl (C=O) groups is 2. The zero-order chi connectivity index (χ0) is 14.3. The van der Waals surface area contributed by atoms with Crippen LogP contribution in [0.2, 0.25) is 0 Å². The van der Waals surface area contributed by atoms with Crippen LogP contribution >= 0.6 is 0 Å². The largest absolute Gasteiger partial charge is 0.396 e. The Morgan fingerprint density at radius 1 is 1.28 bits per heavy atom. The lowest BCUT2D eigenvalue weighted by Gasteiger charge is -2.13. The van der Waals surface area contributed by atoms with Gasteiger partial charge in [-0.2, -0.15) is 0 Å². The Kier molecular flexibility index (Phi) is 7.11. The summed E-state index contributed by atoms with van der Waals surface area (Å²) in [5.74, 6) is -1.77. The van der Waals surface area contributed by atoms with Crippen LogP contribution in [-0.2, 0) is 14.3 Å². The van der Waals surface area contributed by atoms with Gasteiger partial charge in [0.1, 0.15) is 0 Å². The van der Waals surface area contributed by atoms with Gasteiger partial charge in [-0.25, -0.2) is 9.59 Å². The lowest BCUT2D eigenvalue weighted by molar-refractivity contribution is -0.154. The van der Waals surface area contributed by atoms with Gasteiger partial charge in [-0.15, -0.1) is 0 Å². The van der Waals surface area contributed by atoms with Gasteiger partial charge in [-0.1, -0.05) is 6.58 Å². The van der Waals surface area contributed by atoms with E-state index in [1.165, 1.54) is 13.8 Å². The highest BCUT2D eigenvalue weighted by Crippen LogP contribution is 2.06. The van der Waals surface area contributed by atoms with Gasteiger partial charge >= 0.3 is 11.9 Å². The fourth-order valence-corrected chi connectivity index (χ4v) is 0.990. The van der Waals surface area contributed by atoms with Crippen molar-refractivity contribution in [1.29, 1.82) is 0 Å². The Labute approximate surface area is 105 Å². The first kappa shape index (κ1) is 16.5. The van der Waals surface area contributed by atoms with Crippen LogP contribution < -0.4 is 0 Å². The van der Waals surface area contributed by atoms with Crippen molar-refractivity contribution in [2.45, 2.75) is 32.5 Å². The molecule has 0 spiro atoms. The van der Waals surface area contributed by atoms with Gasteiger partial charge in [0.2, 0.25) is 0 Å². The van der Waals surface area contributed by atoms with E-state index in [-0.39, 0.29) is 24.2 Å². The molecule has 0 aromatic carbocycles. The zero-order valence-corrected chi connectivity index (χ0v) is 10.4. The van der Waals surface area contributed by atoms with E-state index in [1.807, 2.05) is 0 Å². The van der Waals surface area contributed by atoms with Crippen LogP contribution in [0.25, 0.3) is 0 Å². The molecule has 0 fully saturated rings. The van der Waals surface area contributed by atoms with Gasteiger partial charge in [0.15, 0.2) is 0 Å². The predicted octanol–water partition coefficient (Wildman–Crippen LogP) is -0.317. The van der Waals surface area contributed by atoms with Crippen molar-refractivity contribution in [3.63, 3.8) is 0 Å². The summed E-state index contributed by atoms with van der Waals surface area (Å²) in [6, 6.07) is 0. The first-order valence-corrected chi connectivity index (χ1v) is 5.37. The number of ether oxygens (including phenoxy) is 1. The van der Waals surface area contributed by atoms with Crippen molar-refractivity contribution in [2.75, 3.05) is 6.61 Å². The molecule has 0 aromatic rings. The van der Waals surface area contributed by atoms with E-state index < -0.39 is 24.1 Å². The standard InChI is InChI=1S/C12H18O6/c1-7(2)11(16)18-12(17)8(3)6-10(15)9(14)4-5-13/h6,9-10,13-15H,1,4-5H2,2-3H3. The highest BCUT2D eigenvalue weighted by Gasteiger charge is 2.17. The number of aliphatic hydroxyl groups excluding tert-OH is 3. The van der Waals surface area contributed by atoms with E-state index >= 15 is 0 Å². The lowest BCUT2D eigenvalue weighted by atomic mass is 10.1. The fraction of sp³-hybridized carbons (Fsp3) is 0.500. The van der Waals surface area contributed by atoms with Gasteiger partial charge in [0, 0.05) is 17.8 Å². The summed E-state index contributed by atoms with van der Waals surface area (Å²) in [4.78, 5) is 22.4. The van der Waals surface area contributed by atoms with Gasteiger partial charge in [-0.05, 0) is 26.3 Å². The second kappa shape index (κ2) is 7.75. The molecule has 102 valence electrons. The number of aliphatic hydroxyl groups is 3. The van der Waals surface area contributed by atoms with Gasteiger partial charge in [0.25, 0.3) is 0 Å². The molecular formula is C12H18O6. The first-order chi connectivity index (χ1) is 8.29. The van der Waals surface area contributed by atoms with Gasteiger partial charge in [0.05, 0.1) is 12.2 Å². The first-order valence-electron chi connectivity index (χ1n) is 5.37. The summed E-state index contributed by atoms with van der Waals surface area (Å²) in [7, 11) is 0. The van der Waals surface area contributed by atoms with Crippen molar-refractivity contribution >= 4 is 11.9 Å². The maximum Gasteiger partial charge on any atom is 0.341 e. The minimum atomic E-state index is -1.32. The van der Waals surface area contributed by atoms with E-state index in [0.29, 0.717) is 0 Å². The van der Waals surface area contributed by atoms with Crippen molar-refractivity contribution in [3.05, 3.63) is 23.8 Å². The molecule has 0 aromatic heterocycles. The topological polar surface area (TPSA) is 104 Å². The second-order valence-electron chi connectivity index (χ2n) is 3.88. The summed E-state index contributed by atoms with van der Waals surface area (Å²) in [6.45, 7) is 5.76. The average molecular weight is 258 g/mol. The molecule has 0 amide bonds. The minimum Gasteiger partial charge on any atom is -0.396 e. The maximum atomic E-state index is 11.4. The second-order valence-corrected chi connectivity index (χ2v) is 3.88. The third kappa shape index (κ3) is 5.72. The average Bonchev–Trinajstić information content (AvgIpc) is 2.28. The minimum absolute atomic E-state index is 0.0194. The molecule has 2 unspecified atom stereocenters. The van der Waals surface area contributed by atoms with Crippen LogP contribution in [-0.4, -0.2) is 46.1 Å². The van der Waals surface area contributed by atoms with Crippen LogP contribution in [0.3, 0.4) is 0 Å². The summed E-state index contributed by atoms with van der Waals surface area (Å²) >= 11 is 0. The molecule has 0 aliphatic rings. The SMILES string of the molecule is C=C(C)C(=O)OC(=O)C(C)=CC(O)C(O)CCO. The normalized spacial score (nSPS) is 14.8. The molecule has 18 heavy (non-hydrogen) atoms. The highest BCUT2D eigenvalue weighted by atomic mass is 16.6. The number of hydrogen-bond acceptors (Lipinski definition) is 6. The third-order valence-electron chi connectivity index (χ3n) is 2.10. The van der Waals surface area contributed by atoms with Gasteiger partial charge in [-0.3, -0.25) is 0 Å². The molecule has 0 saturated carbocycles. The Bertz CT molecular complexity index is 358. The highest BCUT2D eigenvalue weighted by molar-refractivity contribution is 6.01. The monoisotopic (exact) mass is 258 g/mol. The Morgan fingerprint density at radius 2 is 1.83 bits per heavy atom. The molecule has 6 nitrogen and oxygen atoms in total. The van der Waals surface area contributed by atoms with E-state index in [2.05, 4.69) is 11.3 Å². The number of hydrogen-bond donors (Lipinski definition) is 3. The number of carbonyl (C=O) groups excluding carboxylic acids is 2. The summed E-state index contributed by atoms with van der Waals surface area (Å²) < 4.78 is 4.43. The van der Waals surface area contributed by atoms with Crippen LogP contribution in [0.1, 0.15) is 20.3 Å². The Morgan fingerprint density at radius 3 is 2.28 bits per heavy atom. The molecule has 0 saturated heterocycles. The summed E-state index contributed by atoms with van der Waals surface area (Å²) in [6.07, 6.45) is -1.46. The van der Waals surface area contributed by atoms with Crippen LogP contribution in [0.5, 0.6) is 0 Å². The van der Waals surface area contributed by atoms with Crippen LogP contribution in [0.15, 0.2) is 23.8 Å².